The number of nitrogens with zero attached hydrogens (tertiary/aromatic N) is 6. The molecular weight excluding hydrogens is 677 g/mol. The summed E-state index contributed by atoms with van der Waals surface area (Å²) in [7, 11) is 0. The fourth-order valence-corrected chi connectivity index (χ4v) is 10.5. The van der Waals surface area contributed by atoms with E-state index in [4.69, 9.17) is 21.3 Å². The molecule has 250 valence electrons. The summed E-state index contributed by atoms with van der Waals surface area (Å²) in [6, 6.07) is 10.4. The fourth-order valence-electron chi connectivity index (χ4n) is 10.5. The maximum Gasteiger partial charge on any atom is 8.00 e. The monoisotopic (exact) mass is 731 g/mol. The maximum absolute atomic E-state index is 10.0. The van der Waals surface area contributed by atoms with Crippen LogP contribution in [0.15, 0.2) is 24.3 Å². The van der Waals surface area contributed by atoms with Crippen molar-refractivity contribution in [1.29, 1.82) is 0 Å². The molecule has 4 aliphatic heterocycles. The van der Waals surface area contributed by atoms with Crippen molar-refractivity contribution in [2.24, 2.45) is 29.6 Å². The number of benzene rings is 1. The smallest absolute Gasteiger partial charge is 1.00 e. The Morgan fingerprint density at radius 1 is 0.478 bits per heavy atom. The van der Waals surface area contributed by atoms with Gasteiger partial charge in [0.25, 0.3) is 0 Å². The number of hydrogen-bond donors (Lipinski definition) is 0. The Bertz CT molecular complexity index is 1060. The van der Waals surface area contributed by atoms with Crippen molar-refractivity contribution in [3.05, 3.63) is 67.5 Å². The predicted molar refractivity (Wildman–Crippen MR) is 184 cm³/mol. The van der Waals surface area contributed by atoms with E-state index < -0.39 is 0 Å². The van der Waals surface area contributed by atoms with Crippen LogP contribution in [0.3, 0.4) is 0 Å². The normalized spacial score (nSPS) is 39.1. The van der Waals surface area contributed by atoms with E-state index in [1.807, 2.05) is 18.2 Å². The first-order valence-electron chi connectivity index (χ1n) is 18.6. The van der Waals surface area contributed by atoms with E-state index in [1.165, 1.54) is 89.0 Å². The molecule has 3 saturated carbocycles. The first-order chi connectivity index (χ1) is 21.7. The summed E-state index contributed by atoms with van der Waals surface area (Å²) in [6.07, 6.45) is 21.3. The van der Waals surface area contributed by atoms with Crippen LogP contribution in [-0.4, -0.2) is 61.8 Å². The molecule has 9 rings (SSSR count). The van der Waals surface area contributed by atoms with Crippen molar-refractivity contribution in [3.63, 3.8) is 0 Å². The van der Waals surface area contributed by atoms with E-state index in [-0.39, 0.29) is 49.2 Å². The second-order valence-corrected chi connectivity index (χ2v) is 15.2. The minimum atomic E-state index is 0. The van der Waals surface area contributed by atoms with E-state index >= 15 is 0 Å². The predicted octanol–water partition coefficient (Wildman–Crippen LogP) is 6.51. The number of halogens is 1. The Kier molecular flexibility index (Phi) is 13.8. The van der Waals surface area contributed by atoms with Crippen LogP contribution in [0.5, 0.6) is 0 Å². The standard InChI is InChI=1S/C14H14N2.2C12H20N2.ClH.Ru/c15-13-11-7-3-1-5-9(11)10-6-2-4-8-12(10)14(13)16;2*1-3-9-5-6-10-4-2-8-14-12(10)11(9)13-7-1;;/h1,3,5,7,10,12H,2,4,6,8H2;2*9-12H,1-8H2;1H;/q3*-2;;+8/p-1. The second-order valence-electron chi connectivity index (χ2n) is 15.2. The van der Waals surface area contributed by atoms with Gasteiger partial charge in [-0.05, 0) is 35.8 Å². The van der Waals surface area contributed by atoms with Crippen LogP contribution in [0.25, 0.3) is 32.1 Å². The number of fused-ring (bicyclic) bond motifs is 9. The number of rotatable bonds is 0. The first kappa shape index (κ1) is 36.6. The summed E-state index contributed by atoms with van der Waals surface area (Å²) < 4.78 is 0. The summed E-state index contributed by atoms with van der Waals surface area (Å²) in [6.45, 7) is 4.44. The van der Waals surface area contributed by atoms with Crippen LogP contribution in [0, 0.1) is 29.6 Å². The SMILES string of the molecule is C1C[N-]C2C(C1)CCC1CCC[N-]C12.C1C[N-]C2C(C1)CCC1CCC[N-]C12.[Cl-].[N-]=C1C(=[N-])C2CCCCC2c2ccccc21.[Ru+8]. The molecule has 6 nitrogen and oxygen atoms in total. The Labute approximate surface area is 298 Å². The molecule has 0 radical (unpaired) electrons. The van der Waals surface area contributed by atoms with E-state index in [9.17, 15) is 10.8 Å². The fraction of sp³-hybridized carbons (Fsp3) is 0.789. The van der Waals surface area contributed by atoms with Gasteiger partial charge in [0.15, 0.2) is 0 Å². The topological polar surface area (TPSA) is 101 Å². The van der Waals surface area contributed by atoms with Crippen LogP contribution < -0.4 is 12.4 Å². The van der Waals surface area contributed by atoms with Gasteiger partial charge in [-0.1, -0.05) is 138 Å². The van der Waals surface area contributed by atoms with Crippen molar-refractivity contribution in [2.75, 3.05) is 26.2 Å². The molecule has 4 aliphatic carbocycles. The molecule has 0 aromatic heterocycles. The summed E-state index contributed by atoms with van der Waals surface area (Å²) in [5, 5.41) is 39.4. The van der Waals surface area contributed by atoms with E-state index in [2.05, 4.69) is 6.07 Å². The molecular formula is C38H54ClN6Ru+. The third-order valence-electron chi connectivity index (χ3n) is 12.7. The molecule has 8 aliphatic rings. The van der Waals surface area contributed by atoms with Gasteiger partial charge in [-0.2, -0.15) is 11.4 Å². The summed E-state index contributed by atoms with van der Waals surface area (Å²) in [5.74, 6) is 4.13. The number of piperidine rings is 4. The average molecular weight is 731 g/mol. The summed E-state index contributed by atoms with van der Waals surface area (Å²) >= 11 is 0. The first-order valence-corrected chi connectivity index (χ1v) is 18.6. The van der Waals surface area contributed by atoms with Gasteiger partial charge in [-0.3, -0.25) is 0 Å². The van der Waals surface area contributed by atoms with Gasteiger partial charge in [0.1, 0.15) is 0 Å². The quantitative estimate of drug-likeness (QED) is 0.272. The minimum absolute atomic E-state index is 0. The molecule has 0 bridgehead atoms. The molecule has 4 saturated heterocycles. The summed E-state index contributed by atoms with van der Waals surface area (Å²) in [4.78, 5) is 0. The minimum Gasteiger partial charge on any atom is -1.00 e. The zero-order chi connectivity index (χ0) is 29.9. The molecule has 7 fully saturated rings. The van der Waals surface area contributed by atoms with Crippen molar-refractivity contribution in [1.82, 2.24) is 0 Å². The number of hydrogen-bond acceptors (Lipinski definition) is 0. The molecule has 0 N–H and O–H groups in total. The van der Waals surface area contributed by atoms with Crippen LogP contribution in [0.1, 0.15) is 120 Å². The summed E-state index contributed by atoms with van der Waals surface area (Å²) in [5.41, 5.74) is 2.34. The molecule has 10 unspecified atom stereocenters. The molecule has 4 heterocycles. The van der Waals surface area contributed by atoms with Gasteiger partial charge < -0.3 is 44.5 Å². The van der Waals surface area contributed by atoms with Gasteiger partial charge in [0, 0.05) is 0 Å². The molecule has 0 amide bonds. The molecule has 1 aromatic rings. The Hall–Kier alpha value is -0.687. The maximum atomic E-state index is 10.0. The Balaban J connectivity index is 0.000000133. The van der Waals surface area contributed by atoms with Crippen LogP contribution >= 0.6 is 0 Å². The van der Waals surface area contributed by atoms with E-state index in [1.54, 1.807) is 0 Å². The van der Waals surface area contributed by atoms with E-state index in [0.717, 1.165) is 74.7 Å². The van der Waals surface area contributed by atoms with Crippen molar-refractivity contribution in [3.8, 4) is 0 Å². The van der Waals surface area contributed by atoms with Gasteiger partial charge >= 0.3 is 19.5 Å². The van der Waals surface area contributed by atoms with Crippen molar-refractivity contribution in [2.45, 2.75) is 133 Å². The molecule has 8 heteroatoms. The Morgan fingerprint density at radius 2 is 0.870 bits per heavy atom. The Morgan fingerprint density at radius 3 is 1.30 bits per heavy atom. The second kappa shape index (κ2) is 17.3. The van der Waals surface area contributed by atoms with Crippen LogP contribution in [-0.2, 0) is 19.5 Å². The molecule has 1 aromatic carbocycles. The van der Waals surface area contributed by atoms with Gasteiger partial charge in [-0.25, -0.2) is 0 Å². The van der Waals surface area contributed by atoms with Gasteiger partial charge in [0.05, 0.1) is 0 Å². The average Bonchev–Trinajstić information content (AvgIpc) is 3.11. The van der Waals surface area contributed by atoms with Crippen LogP contribution in [0.2, 0.25) is 0 Å². The molecule has 0 spiro atoms. The zero-order valence-electron chi connectivity index (χ0n) is 27.6. The third-order valence-corrected chi connectivity index (χ3v) is 12.7. The van der Waals surface area contributed by atoms with Gasteiger partial charge in [0.2, 0.25) is 0 Å². The molecule has 10 atom stereocenters. The van der Waals surface area contributed by atoms with E-state index in [0.29, 0.717) is 30.1 Å². The third kappa shape index (κ3) is 7.86. The largest absolute Gasteiger partial charge is 8.00 e. The van der Waals surface area contributed by atoms with Gasteiger partial charge in [-0.15, -0.1) is 50.3 Å². The zero-order valence-corrected chi connectivity index (χ0v) is 30.1. The van der Waals surface area contributed by atoms with Crippen molar-refractivity contribution >= 4 is 11.4 Å². The van der Waals surface area contributed by atoms with Crippen LogP contribution in [0.4, 0.5) is 0 Å². The molecule has 46 heavy (non-hydrogen) atoms. The van der Waals surface area contributed by atoms with Crippen molar-refractivity contribution < 1.29 is 31.9 Å².